The number of nitrogens with one attached hydrogen (secondary N) is 1. The summed E-state index contributed by atoms with van der Waals surface area (Å²) in [5.74, 6) is 0. The summed E-state index contributed by atoms with van der Waals surface area (Å²) in [5, 5.41) is 12.3. The van der Waals surface area contributed by atoms with Crippen molar-refractivity contribution in [2.24, 2.45) is 0 Å². The molecule has 0 fully saturated rings. The van der Waals surface area contributed by atoms with E-state index in [0.29, 0.717) is 15.7 Å². The molecule has 6 nitrogen and oxygen atoms in total. The van der Waals surface area contributed by atoms with Crippen LogP contribution in [-0.4, -0.2) is 13.3 Å². The van der Waals surface area contributed by atoms with Gasteiger partial charge in [-0.1, -0.05) is 0 Å². The van der Waals surface area contributed by atoms with Crippen LogP contribution in [0.25, 0.3) is 0 Å². The molecule has 0 atom stereocenters. The summed E-state index contributed by atoms with van der Waals surface area (Å²) in [5.41, 5.74) is 0.717. The van der Waals surface area contributed by atoms with Crippen molar-refractivity contribution < 1.29 is 13.3 Å². The van der Waals surface area contributed by atoms with Gasteiger partial charge in [-0.2, -0.15) is 0 Å². The largest absolute Gasteiger partial charge is 0.279 e. The highest BCUT2D eigenvalue weighted by Crippen LogP contribution is 2.30. The lowest BCUT2D eigenvalue weighted by Crippen LogP contribution is -2.13. The first-order chi connectivity index (χ1) is 9.31. The lowest BCUT2D eigenvalue weighted by atomic mass is 10.2. The third-order valence-corrected chi connectivity index (χ3v) is 6.53. The molecular weight excluding hydrogens is 368 g/mol. The molecule has 1 heterocycles. The summed E-state index contributed by atoms with van der Waals surface area (Å²) in [6.07, 6.45) is 0. The molecule has 0 unspecified atom stereocenters. The van der Waals surface area contributed by atoms with Crippen molar-refractivity contribution in [1.29, 1.82) is 0 Å². The number of sulfonamides is 1. The predicted octanol–water partition coefficient (Wildman–Crippen LogP) is 3.53. The molecule has 1 N–H and O–H groups in total. The first kappa shape index (κ1) is 14.9. The smallest absolute Gasteiger partial charge is 0.272 e. The predicted molar refractivity (Wildman–Crippen MR) is 80.7 cm³/mol. The molecule has 106 valence electrons. The second kappa shape index (κ2) is 5.51. The number of aryl methyl sites for hydroxylation is 1. The number of hydrogen-bond donors (Lipinski definition) is 1. The first-order valence-corrected chi connectivity index (χ1v) is 8.48. The average Bonchev–Trinajstić information content (AvgIpc) is 2.78. The minimum Gasteiger partial charge on any atom is -0.279 e. The summed E-state index contributed by atoms with van der Waals surface area (Å²) in [6.45, 7) is 1.61. The fraction of sp³-hybridized carbons (Fsp3) is 0.0909. The number of nitrogens with zero attached hydrogens (tertiary/aromatic N) is 1. The molecule has 9 heteroatoms. The van der Waals surface area contributed by atoms with Crippen LogP contribution in [0.2, 0.25) is 0 Å². The summed E-state index contributed by atoms with van der Waals surface area (Å²) < 4.78 is 27.4. The minimum absolute atomic E-state index is 0.0808. The number of halogens is 1. The first-order valence-electron chi connectivity index (χ1n) is 5.32. The summed E-state index contributed by atoms with van der Waals surface area (Å²) >= 11 is 4.25. The Bertz CT molecular complexity index is 770. The molecule has 0 aliphatic heterocycles. The molecule has 1 aromatic heterocycles. The third-order valence-electron chi connectivity index (χ3n) is 2.49. The highest BCUT2D eigenvalue weighted by molar-refractivity contribution is 9.10. The lowest BCUT2D eigenvalue weighted by Gasteiger charge is -2.09. The monoisotopic (exact) mass is 376 g/mol. The van der Waals surface area contributed by atoms with Gasteiger partial charge in [0, 0.05) is 16.6 Å². The van der Waals surface area contributed by atoms with Crippen LogP contribution in [0.4, 0.5) is 11.4 Å². The van der Waals surface area contributed by atoms with Crippen molar-refractivity contribution in [2.45, 2.75) is 11.1 Å². The molecular formula is C11H9BrN2O4S2. The maximum absolute atomic E-state index is 12.2. The van der Waals surface area contributed by atoms with Gasteiger partial charge in [0.15, 0.2) is 4.21 Å². The van der Waals surface area contributed by atoms with E-state index >= 15 is 0 Å². The molecule has 0 aliphatic carbocycles. The fourth-order valence-electron chi connectivity index (χ4n) is 1.54. The number of thiophene rings is 1. The summed E-state index contributed by atoms with van der Waals surface area (Å²) in [7, 11) is -3.70. The van der Waals surface area contributed by atoms with Gasteiger partial charge in [-0.3, -0.25) is 14.8 Å². The molecule has 0 bridgehead atoms. The number of nitro benzene ring substituents is 1. The van der Waals surface area contributed by atoms with Crippen LogP contribution in [0, 0.1) is 17.0 Å². The SMILES string of the molecule is Cc1cc([N+](=O)[O-])ccc1NS(=O)(=O)c1sccc1Br. The zero-order valence-electron chi connectivity index (χ0n) is 10.2. The molecule has 0 radical (unpaired) electrons. The van der Waals surface area contributed by atoms with Gasteiger partial charge in [-0.05, 0) is 45.9 Å². The van der Waals surface area contributed by atoms with Crippen LogP contribution in [0.5, 0.6) is 0 Å². The second-order valence-corrected chi connectivity index (χ2v) is 7.57. The Morgan fingerprint density at radius 3 is 2.55 bits per heavy atom. The Labute approximate surface area is 127 Å². The van der Waals surface area contributed by atoms with Crippen molar-refractivity contribution >= 4 is 48.7 Å². The van der Waals surface area contributed by atoms with Gasteiger partial charge in [0.1, 0.15) is 0 Å². The van der Waals surface area contributed by atoms with Gasteiger partial charge in [0.05, 0.1) is 10.6 Å². The number of non-ortho nitro benzene ring substituents is 1. The Morgan fingerprint density at radius 1 is 1.35 bits per heavy atom. The summed E-state index contributed by atoms with van der Waals surface area (Å²) in [6, 6.07) is 5.60. The number of anilines is 1. The molecule has 0 spiro atoms. The fourth-order valence-corrected chi connectivity index (χ4v) is 5.01. The van der Waals surface area contributed by atoms with Crippen LogP contribution in [0.15, 0.2) is 38.3 Å². The topological polar surface area (TPSA) is 89.3 Å². The molecule has 1 aromatic carbocycles. The number of benzene rings is 1. The van der Waals surface area contributed by atoms with Crippen molar-refractivity contribution in [3.63, 3.8) is 0 Å². The Balaban J connectivity index is 2.36. The highest BCUT2D eigenvalue weighted by Gasteiger charge is 2.20. The molecule has 0 aliphatic rings. The molecule has 0 saturated heterocycles. The van der Waals surface area contributed by atoms with Crippen LogP contribution in [0.3, 0.4) is 0 Å². The number of hydrogen-bond acceptors (Lipinski definition) is 5. The van der Waals surface area contributed by atoms with E-state index in [9.17, 15) is 18.5 Å². The van der Waals surface area contributed by atoms with E-state index in [1.165, 1.54) is 18.2 Å². The summed E-state index contributed by atoms with van der Waals surface area (Å²) in [4.78, 5) is 10.1. The van der Waals surface area contributed by atoms with Crippen LogP contribution < -0.4 is 4.72 Å². The van der Waals surface area contributed by atoms with Gasteiger partial charge < -0.3 is 0 Å². The molecule has 2 rings (SSSR count). The Kier molecular flexibility index (Phi) is 4.11. The van der Waals surface area contributed by atoms with Crippen molar-refractivity contribution in [1.82, 2.24) is 0 Å². The van der Waals surface area contributed by atoms with Gasteiger partial charge in [0.25, 0.3) is 15.7 Å². The van der Waals surface area contributed by atoms with E-state index in [4.69, 9.17) is 0 Å². The zero-order chi connectivity index (χ0) is 14.9. The maximum atomic E-state index is 12.2. The maximum Gasteiger partial charge on any atom is 0.272 e. The standard InChI is InChI=1S/C11H9BrN2O4S2/c1-7-6-8(14(15)16)2-3-10(7)13-20(17,18)11-9(12)4-5-19-11/h2-6,13H,1H3. The van der Waals surface area contributed by atoms with Gasteiger partial charge in [0.2, 0.25) is 0 Å². The van der Waals surface area contributed by atoms with Gasteiger partial charge in [-0.25, -0.2) is 8.42 Å². The Hall–Kier alpha value is -1.45. The minimum atomic E-state index is -3.70. The van der Waals surface area contributed by atoms with E-state index in [1.54, 1.807) is 18.4 Å². The van der Waals surface area contributed by atoms with E-state index in [0.717, 1.165) is 11.3 Å². The second-order valence-electron chi connectivity index (χ2n) is 3.92. The van der Waals surface area contributed by atoms with Crippen molar-refractivity contribution in [2.75, 3.05) is 4.72 Å². The zero-order valence-corrected chi connectivity index (χ0v) is 13.4. The van der Waals surface area contributed by atoms with E-state index in [1.807, 2.05) is 0 Å². The van der Waals surface area contributed by atoms with Gasteiger partial charge >= 0.3 is 0 Å². The molecule has 0 amide bonds. The van der Waals surface area contributed by atoms with Crippen LogP contribution in [0.1, 0.15) is 5.56 Å². The van der Waals surface area contributed by atoms with Gasteiger partial charge in [-0.15, -0.1) is 11.3 Å². The van der Waals surface area contributed by atoms with Crippen LogP contribution >= 0.6 is 27.3 Å². The van der Waals surface area contributed by atoms with Crippen molar-refractivity contribution in [3.05, 3.63) is 49.8 Å². The quantitative estimate of drug-likeness (QED) is 0.652. The normalized spacial score (nSPS) is 11.3. The number of nitro groups is 1. The van der Waals surface area contributed by atoms with Crippen molar-refractivity contribution in [3.8, 4) is 0 Å². The van der Waals surface area contributed by atoms with E-state index in [-0.39, 0.29) is 9.90 Å². The lowest BCUT2D eigenvalue weighted by molar-refractivity contribution is -0.384. The highest BCUT2D eigenvalue weighted by atomic mass is 79.9. The molecule has 0 saturated carbocycles. The number of rotatable bonds is 4. The molecule has 20 heavy (non-hydrogen) atoms. The third kappa shape index (κ3) is 3.00. The van der Waals surface area contributed by atoms with Crippen LogP contribution in [-0.2, 0) is 10.0 Å². The average molecular weight is 377 g/mol. The Morgan fingerprint density at radius 2 is 2.05 bits per heavy atom. The molecule has 2 aromatic rings. The van der Waals surface area contributed by atoms with E-state index in [2.05, 4.69) is 20.7 Å². The van der Waals surface area contributed by atoms with E-state index < -0.39 is 14.9 Å².